The van der Waals surface area contributed by atoms with Gasteiger partial charge in [-0.05, 0) is 5.56 Å². The van der Waals surface area contributed by atoms with E-state index in [4.69, 9.17) is 5.90 Å². The highest BCUT2D eigenvalue weighted by Crippen LogP contribution is 2.21. The van der Waals surface area contributed by atoms with Gasteiger partial charge in [-0.25, -0.2) is 10.9 Å². The van der Waals surface area contributed by atoms with E-state index in [0.717, 1.165) is 16.1 Å². The molecule has 1 aromatic heterocycles. The van der Waals surface area contributed by atoms with Crippen LogP contribution in [0.4, 0.5) is 0 Å². The fourth-order valence-corrected chi connectivity index (χ4v) is 1.85. The fraction of sp³-hybridized carbons (Fsp3) is 0.100. The van der Waals surface area contributed by atoms with E-state index < -0.39 is 0 Å². The second kappa shape index (κ2) is 4.32. The van der Waals surface area contributed by atoms with Crippen LogP contribution < -0.4 is 5.90 Å². The second-order valence-electron chi connectivity index (χ2n) is 2.85. The molecule has 1 aromatic carbocycles. The molecule has 0 saturated heterocycles. The van der Waals surface area contributed by atoms with Crippen molar-refractivity contribution in [2.24, 2.45) is 5.90 Å². The smallest absolute Gasteiger partial charge is 0.123 e. The van der Waals surface area contributed by atoms with Crippen LogP contribution in [0.5, 0.6) is 0 Å². The van der Waals surface area contributed by atoms with Gasteiger partial charge in [0, 0.05) is 17.1 Å². The molecule has 0 radical (unpaired) electrons. The maximum Gasteiger partial charge on any atom is 0.123 e. The number of benzene rings is 1. The molecule has 0 unspecified atom stereocenters. The number of aromatic nitrogens is 1. The maximum absolute atomic E-state index is 4.98. The zero-order valence-electron chi connectivity index (χ0n) is 7.51. The molecule has 0 atom stereocenters. The van der Waals surface area contributed by atoms with Crippen molar-refractivity contribution < 1.29 is 4.84 Å². The molecule has 4 heteroatoms. The van der Waals surface area contributed by atoms with E-state index in [1.807, 2.05) is 29.6 Å². The van der Waals surface area contributed by atoms with Crippen molar-refractivity contribution in [2.75, 3.05) is 0 Å². The average Bonchev–Trinajstić information content (AvgIpc) is 2.72. The van der Waals surface area contributed by atoms with Gasteiger partial charge < -0.3 is 0 Å². The third kappa shape index (κ3) is 1.98. The van der Waals surface area contributed by atoms with E-state index in [0.29, 0.717) is 6.61 Å². The van der Waals surface area contributed by atoms with E-state index in [1.54, 1.807) is 17.5 Å². The first-order valence-electron chi connectivity index (χ1n) is 4.20. The van der Waals surface area contributed by atoms with Gasteiger partial charge in [0.2, 0.25) is 0 Å². The van der Waals surface area contributed by atoms with Gasteiger partial charge in [0.25, 0.3) is 0 Å². The Hall–Kier alpha value is -1.23. The lowest BCUT2D eigenvalue weighted by atomic mass is 10.1. The van der Waals surface area contributed by atoms with Gasteiger partial charge in [-0.15, -0.1) is 11.3 Å². The summed E-state index contributed by atoms with van der Waals surface area (Å²) >= 11 is 1.63. The summed E-state index contributed by atoms with van der Waals surface area (Å²) in [7, 11) is 0. The van der Waals surface area contributed by atoms with Gasteiger partial charge >= 0.3 is 0 Å². The van der Waals surface area contributed by atoms with E-state index in [-0.39, 0.29) is 0 Å². The zero-order valence-corrected chi connectivity index (χ0v) is 8.33. The Labute approximate surface area is 86.1 Å². The van der Waals surface area contributed by atoms with E-state index in [1.165, 1.54) is 0 Å². The van der Waals surface area contributed by atoms with Crippen LogP contribution in [-0.4, -0.2) is 4.98 Å². The van der Waals surface area contributed by atoms with Crippen molar-refractivity contribution in [1.82, 2.24) is 4.98 Å². The van der Waals surface area contributed by atoms with Crippen molar-refractivity contribution >= 4 is 11.3 Å². The van der Waals surface area contributed by atoms with Gasteiger partial charge in [0.05, 0.1) is 6.61 Å². The van der Waals surface area contributed by atoms with Crippen LogP contribution in [0.3, 0.4) is 0 Å². The Morgan fingerprint density at radius 3 is 2.64 bits per heavy atom. The molecular weight excluding hydrogens is 196 g/mol. The SMILES string of the molecule is NOCc1ccc(-c2nccs2)cc1. The highest BCUT2D eigenvalue weighted by atomic mass is 32.1. The Bertz CT molecular complexity index is 383. The molecule has 0 aliphatic rings. The predicted molar refractivity (Wildman–Crippen MR) is 56.5 cm³/mol. The minimum Gasteiger partial charge on any atom is -0.300 e. The van der Waals surface area contributed by atoms with Crippen LogP contribution in [0, 0.1) is 0 Å². The Balaban J connectivity index is 2.22. The fourth-order valence-electron chi connectivity index (χ4n) is 1.21. The van der Waals surface area contributed by atoms with Crippen LogP contribution >= 0.6 is 11.3 Å². The molecule has 2 rings (SSSR count). The summed E-state index contributed by atoms with van der Waals surface area (Å²) in [6.45, 7) is 0.443. The predicted octanol–water partition coefficient (Wildman–Crippen LogP) is 2.20. The molecule has 0 spiro atoms. The highest BCUT2D eigenvalue weighted by Gasteiger charge is 1.99. The molecule has 72 valence electrons. The minimum absolute atomic E-state index is 0.443. The molecule has 2 aromatic rings. The highest BCUT2D eigenvalue weighted by molar-refractivity contribution is 7.13. The molecular formula is C10H10N2OS. The Morgan fingerprint density at radius 1 is 1.29 bits per heavy atom. The third-order valence-electron chi connectivity index (χ3n) is 1.88. The summed E-state index contributed by atoms with van der Waals surface area (Å²) in [6, 6.07) is 8.02. The summed E-state index contributed by atoms with van der Waals surface area (Å²) in [5.41, 5.74) is 2.19. The van der Waals surface area contributed by atoms with E-state index >= 15 is 0 Å². The van der Waals surface area contributed by atoms with Gasteiger partial charge in [-0.3, -0.25) is 4.84 Å². The van der Waals surface area contributed by atoms with Crippen molar-refractivity contribution in [3.05, 3.63) is 41.4 Å². The molecule has 14 heavy (non-hydrogen) atoms. The van der Waals surface area contributed by atoms with Crippen molar-refractivity contribution in [2.45, 2.75) is 6.61 Å². The van der Waals surface area contributed by atoms with Crippen molar-refractivity contribution in [1.29, 1.82) is 0 Å². The quantitative estimate of drug-likeness (QED) is 0.783. The van der Waals surface area contributed by atoms with Gasteiger partial charge in [-0.2, -0.15) is 0 Å². The molecule has 3 nitrogen and oxygen atoms in total. The number of hydrogen-bond donors (Lipinski definition) is 1. The summed E-state index contributed by atoms with van der Waals surface area (Å²) in [4.78, 5) is 8.77. The van der Waals surface area contributed by atoms with Crippen molar-refractivity contribution in [3.8, 4) is 10.6 Å². The summed E-state index contributed by atoms with van der Waals surface area (Å²) in [6.07, 6.45) is 1.80. The van der Waals surface area contributed by atoms with Crippen LogP contribution in [0.25, 0.3) is 10.6 Å². The topological polar surface area (TPSA) is 48.1 Å². The number of hydrogen-bond acceptors (Lipinski definition) is 4. The zero-order chi connectivity index (χ0) is 9.80. The molecule has 2 N–H and O–H groups in total. The van der Waals surface area contributed by atoms with Gasteiger partial charge in [0.15, 0.2) is 0 Å². The number of thiazole rings is 1. The van der Waals surface area contributed by atoms with Crippen LogP contribution in [0.15, 0.2) is 35.8 Å². The van der Waals surface area contributed by atoms with Crippen LogP contribution in [-0.2, 0) is 11.4 Å². The van der Waals surface area contributed by atoms with Gasteiger partial charge in [-0.1, -0.05) is 24.3 Å². The van der Waals surface area contributed by atoms with Crippen LogP contribution in [0.2, 0.25) is 0 Å². The maximum atomic E-state index is 4.98. The number of nitrogens with two attached hydrogens (primary N) is 1. The Kier molecular flexibility index (Phi) is 2.88. The molecule has 0 aliphatic carbocycles. The number of nitrogens with zero attached hydrogens (tertiary/aromatic N) is 1. The van der Waals surface area contributed by atoms with Gasteiger partial charge in [0.1, 0.15) is 5.01 Å². The molecule has 0 bridgehead atoms. The lowest BCUT2D eigenvalue weighted by molar-refractivity contribution is 0.124. The first-order valence-corrected chi connectivity index (χ1v) is 5.08. The summed E-state index contributed by atoms with van der Waals surface area (Å²) in [5.74, 6) is 4.98. The molecule has 0 fully saturated rings. The third-order valence-corrected chi connectivity index (χ3v) is 2.71. The van der Waals surface area contributed by atoms with Crippen LogP contribution in [0.1, 0.15) is 5.56 Å². The normalized spacial score (nSPS) is 10.4. The number of rotatable bonds is 3. The lowest BCUT2D eigenvalue weighted by Gasteiger charge is -2.00. The summed E-state index contributed by atoms with van der Waals surface area (Å²) in [5, 5.41) is 3.00. The minimum atomic E-state index is 0.443. The Morgan fingerprint density at radius 2 is 2.07 bits per heavy atom. The largest absolute Gasteiger partial charge is 0.300 e. The molecule has 0 amide bonds. The molecule has 0 saturated carbocycles. The standard InChI is InChI=1S/C10H10N2OS/c11-13-7-8-1-3-9(4-2-8)10-12-5-6-14-10/h1-6H,7,11H2. The van der Waals surface area contributed by atoms with Crippen molar-refractivity contribution in [3.63, 3.8) is 0 Å². The average molecular weight is 206 g/mol. The summed E-state index contributed by atoms with van der Waals surface area (Å²) < 4.78 is 0. The second-order valence-corrected chi connectivity index (χ2v) is 3.74. The van der Waals surface area contributed by atoms with E-state index in [2.05, 4.69) is 9.82 Å². The monoisotopic (exact) mass is 206 g/mol. The first-order chi connectivity index (χ1) is 6.90. The first kappa shape index (κ1) is 9.33. The lowest BCUT2D eigenvalue weighted by Crippen LogP contribution is -1.98. The molecule has 0 aliphatic heterocycles. The van der Waals surface area contributed by atoms with E-state index in [9.17, 15) is 0 Å². The molecule has 1 heterocycles.